The molecule has 7 heteroatoms. The Morgan fingerprint density at radius 2 is 2.08 bits per heavy atom. The minimum Gasteiger partial charge on any atom is -0.496 e. The molecule has 1 aromatic rings. The summed E-state index contributed by atoms with van der Waals surface area (Å²) in [4.78, 5) is 12.4. The van der Waals surface area contributed by atoms with E-state index in [-0.39, 0.29) is 29.3 Å². The molecule has 1 aliphatic heterocycles. The van der Waals surface area contributed by atoms with E-state index in [2.05, 4.69) is 5.32 Å². The van der Waals surface area contributed by atoms with Crippen LogP contribution in [-0.4, -0.2) is 44.9 Å². The number of benzene rings is 1. The summed E-state index contributed by atoms with van der Waals surface area (Å²) < 4.78 is 32.4. The second kappa shape index (κ2) is 7.53. The molecule has 134 valence electrons. The number of rotatable bonds is 5. The largest absolute Gasteiger partial charge is 0.496 e. The van der Waals surface area contributed by atoms with Crippen molar-refractivity contribution in [1.29, 1.82) is 0 Å². The van der Waals surface area contributed by atoms with E-state index < -0.39 is 10.0 Å². The van der Waals surface area contributed by atoms with Gasteiger partial charge in [-0.15, -0.1) is 0 Å². The van der Waals surface area contributed by atoms with Crippen molar-refractivity contribution < 1.29 is 17.9 Å². The van der Waals surface area contributed by atoms with E-state index in [1.165, 1.54) is 4.31 Å². The first-order chi connectivity index (χ1) is 11.3. The lowest BCUT2D eigenvalue weighted by Crippen LogP contribution is -2.46. The molecule has 1 atom stereocenters. The second-order valence-corrected chi connectivity index (χ2v) is 8.43. The van der Waals surface area contributed by atoms with Crippen molar-refractivity contribution in [3.8, 4) is 5.75 Å². The first-order valence-corrected chi connectivity index (χ1v) is 9.65. The number of hydrogen-bond donors (Lipinski definition) is 1. The van der Waals surface area contributed by atoms with Crippen molar-refractivity contribution >= 4 is 15.9 Å². The van der Waals surface area contributed by atoms with Crippen molar-refractivity contribution in [2.45, 2.75) is 44.6 Å². The number of amides is 1. The third-order valence-corrected chi connectivity index (χ3v) is 6.05. The number of sulfonamides is 1. The monoisotopic (exact) mass is 354 g/mol. The highest BCUT2D eigenvalue weighted by Crippen LogP contribution is 2.27. The normalized spacial score (nSPS) is 19.3. The van der Waals surface area contributed by atoms with E-state index in [0.717, 1.165) is 5.56 Å². The lowest BCUT2D eigenvalue weighted by Gasteiger charge is -2.31. The van der Waals surface area contributed by atoms with Crippen molar-refractivity contribution in [2.75, 3.05) is 20.2 Å². The fraction of sp³-hybridized carbons (Fsp3) is 0.588. The highest BCUT2D eigenvalue weighted by molar-refractivity contribution is 7.89. The number of aryl methyl sites for hydroxylation is 1. The van der Waals surface area contributed by atoms with Crippen LogP contribution in [0.4, 0.5) is 0 Å². The molecule has 1 aliphatic rings. The van der Waals surface area contributed by atoms with Gasteiger partial charge in [-0.1, -0.05) is 0 Å². The predicted molar refractivity (Wildman–Crippen MR) is 92.5 cm³/mol. The first-order valence-electron chi connectivity index (χ1n) is 8.21. The number of carbonyl (C=O) groups excluding carboxylic acids is 1. The molecule has 6 nitrogen and oxygen atoms in total. The van der Waals surface area contributed by atoms with Crippen LogP contribution in [0.1, 0.15) is 32.3 Å². The molecule has 1 saturated heterocycles. The number of methoxy groups -OCH3 is 1. The second-order valence-electron chi connectivity index (χ2n) is 6.50. The maximum Gasteiger partial charge on any atom is 0.243 e. The molecule has 0 radical (unpaired) electrons. The zero-order valence-electron chi connectivity index (χ0n) is 14.7. The fourth-order valence-corrected chi connectivity index (χ4v) is 4.55. The SMILES string of the molecule is COc1ccc(S(=O)(=O)N2CCC[C@H](C(=O)NC(C)C)C2)cc1C. The minimum absolute atomic E-state index is 0.0497. The van der Waals surface area contributed by atoms with Gasteiger partial charge in [0, 0.05) is 19.1 Å². The van der Waals surface area contributed by atoms with Crippen molar-refractivity contribution in [3.63, 3.8) is 0 Å². The number of carbonyl (C=O) groups is 1. The van der Waals surface area contributed by atoms with Crippen molar-refractivity contribution in [1.82, 2.24) is 9.62 Å². The summed E-state index contributed by atoms with van der Waals surface area (Å²) in [7, 11) is -2.05. The summed E-state index contributed by atoms with van der Waals surface area (Å²) in [5, 5.41) is 2.87. The van der Waals surface area contributed by atoms with E-state index in [9.17, 15) is 13.2 Å². The van der Waals surface area contributed by atoms with Gasteiger partial charge in [-0.25, -0.2) is 8.42 Å². The van der Waals surface area contributed by atoms with Crippen LogP contribution in [0.2, 0.25) is 0 Å². The van der Waals surface area contributed by atoms with Crippen LogP contribution in [0.15, 0.2) is 23.1 Å². The average molecular weight is 354 g/mol. The number of piperidine rings is 1. The number of nitrogens with zero attached hydrogens (tertiary/aromatic N) is 1. The molecular weight excluding hydrogens is 328 g/mol. The molecule has 1 amide bonds. The molecule has 0 spiro atoms. The Morgan fingerprint density at radius 1 is 1.38 bits per heavy atom. The van der Waals surface area contributed by atoms with Crippen LogP contribution in [0, 0.1) is 12.8 Å². The summed E-state index contributed by atoms with van der Waals surface area (Å²) in [5.41, 5.74) is 0.768. The van der Waals surface area contributed by atoms with Gasteiger partial charge in [-0.3, -0.25) is 4.79 Å². The molecular formula is C17H26N2O4S. The van der Waals surface area contributed by atoms with E-state index in [1.54, 1.807) is 25.3 Å². The molecule has 1 aromatic carbocycles. The molecule has 0 bridgehead atoms. The Bertz CT molecular complexity index is 701. The average Bonchev–Trinajstić information content (AvgIpc) is 2.54. The maximum absolute atomic E-state index is 12.9. The Labute approximate surface area is 144 Å². The minimum atomic E-state index is -3.61. The van der Waals surface area contributed by atoms with Gasteiger partial charge >= 0.3 is 0 Å². The summed E-state index contributed by atoms with van der Waals surface area (Å²) >= 11 is 0. The molecule has 0 aliphatic carbocycles. The highest BCUT2D eigenvalue weighted by Gasteiger charge is 2.33. The van der Waals surface area contributed by atoms with Gasteiger partial charge in [-0.05, 0) is 57.4 Å². The van der Waals surface area contributed by atoms with Gasteiger partial charge in [0.2, 0.25) is 15.9 Å². The molecule has 1 N–H and O–H groups in total. The zero-order valence-corrected chi connectivity index (χ0v) is 15.5. The van der Waals surface area contributed by atoms with Gasteiger partial charge in [0.15, 0.2) is 0 Å². The Hall–Kier alpha value is -1.60. The molecule has 0 saturated carbocycles. The summed E-state index contributed by atoms with van der Waals surface area (Å²) in [6, 6.07) is 4.88. The molecule has 1 heterocycles. The standard InChI is InChI=1S/C17H26N2O4S/c1-12(2)18-17(20)14-6-5-9-19(11-14)24(21,22)15-7-8-16(23-4)13(3)10-15/h7-8,10,12,14H,5-6,9,11H2,1-4H3,(H,18,20)/t14-/m0/s1. The van der Waals surface area contributed by atoms with Crippen LogP contribution >= 0.6 is 0 Å². The highest BCUT2D eigenvalue weighted by atomic mass is 32.2. The number of ether oxygens (including phenoxy) is 1. The van der Waals surface area contributed by atoms with Gasteiger partial charge in [0.25, 0.3) is 0 Å². The predicted octanol–water partition coefficient (Wildman–Crippen LogP) is 1.93. The quantitative estimate of drug-likeness (QED) is 0.877. The van der Waals surface area contributed by atoms with Gasteiger partial charge < -0.3 is 10.1 Å². The summed E-state index contributed by atoms with van der Waals surface area (Å²) in [6.45, 7) is 6.28. The lowest BCUT2D eigenvalue weighted by atomic mass is 9.98. The van der Waals surface area contributed by atoms with Crippen LogP contribution in [-0.2, 0) is 14.8 Å². The topological polar surface area (TPSA) is 75.7 Å². The Morgan fingerprint density at radius 3 is 2.67 bits per heavy atom. The van der Waals surface area contributed by atoms with Crippen LogP contribution < -0.4 is 10.1 Å². The third kappa shape index (κ3) is 4.08. The van der Waals surface area contributed by atoms with Gasteiger partial charge in [0.1, 0.15) is 5.75 Å². The Balaban J connectivity index is 2.19. The summed E-state index contributed by atoms with van der Waals surface area (Å²) in [6.07, 6.45) is 1.40. The van der Waals surface area contributed by atoms with Gasteiger partial charge in [-0.2, -0.15) is 4.31 Å². The van der Waals surface area contributed by atoms with E-state index in [4.69, 9.17) is 4.74 Å². The van der Waals surface area contributed by atoms with Crippen LogP contribution in [0.5, 0.6) is 5.75 Å². The van der Waals surface area contributed by atoms with Crippen molar-refractivity contribution in [2.24, 2.45) is 5.92 Å². The number of hydrogen-bond acceptors (Lipinski definition) is 4. The zero-order chi connectivity index (χ0) is 17.9. The van der Waals surface area contributed by atoms with Crippen LogP contribution in [0.3, 0.4) is 0 Å². The number of nitrogens with one attached hydrogen (secondary N) is 1. The van der Waals surface area contributed by atoms with E-state index >= 15 is 0 Å². The van der Waals surface area contributed by atoms with E-state index in [1.807, 2.05) is 20.8 Å². The third-order valence-electron chi connectivity index (χ3n) is 4.19. The molecule has 2 rings (SSSR count). The summed E-state index contributed by atoms with van der Waals surface area (Å²) in [5.74, 6) is 0.285. The van der Waals surface area contributed by atoms with Crippen LogP contribution in [0.25, 0.3) is 0 Å². The van der Waals surface area contributed by atoms with Gasteiger partial charge in [0.05, 0.1) is 17.9 Å². The van der Waals surface area contributed by atoms with Crippen molar-refractivity contribution in [3.05, 3.63) is 23.8 Å². The molecule has 0 unspecified atom stereocenters. The van der Waals surface area contributed by atoms with E-state index in [0.29, 0.717) is 25.1 Å². The smallest absolute Gasteiger partial charge is 0.243 e. The molecule has 24 heavy (non-hydrogen) atoms. The Kier molecular flexibility index (Phi) is 5.87. The fourth-order valence-electron chi connectivity index (χ4n) is 2.94. The maximum atomic E-state index is 12.9. The molecule has 0 aromatic heterocycles. The molecule has 1 fully saturated rings. The first kappa shape index (κ1) is 18.7. The lowest BCUT2D eigenvalue weighted by molar-refractivity contribution is -0.126.